The number of carbonyl (C=O) groups is 1. The number of rotatable bonds is 2. The first kappa shape index (κ1) is 10.5. The van der Waals surface area contributed by atoms with Gasteiger partial charge in [-0.3, -0.25) is 4.79 Å². The van der Waals surface area contributed by atoms with Crippen LogP contribution >= 0.6 is 0 Å². The fourth-order valence-electron chi connectivity index (χ4n) is 1.44. The molecule has 0 radical (unpaired) electrons. The van der Waals surface area contributed by atoms with Gasteiger partial charge in [0, 0.05) is 12.6 Å². The van der Waals surface area contributed by atoms with Gasteiger partial charge in [0.15, 0.2) is 6.20 Å². The number of anilines is 1. The number of ether oxygens (including phenoxy) is 1. The van der Waals surface area contributed by atoms with Crippen LogP contribution in [0.25, 0.3) is 0 Å². The van der Waals surface area contributed by atoms with Crippen LogP contribution in [0.4, 0.5) is 11.5 Å². The molecule has 1 aliphatic rings. The maximum Gasteiger partial charge on any atom is 0.363 e. The molecule has 1 fully saturated rings. The summed E-state index contributed by atoms with van der Waals surface area (Å²) in [5, 5.41) is 10.4. The molecule has 0 spiro atoms. The highest BCUT2D eigenvalue weighted by atomic mass is 16.6. The van der Waals surface area contributed by atoms with E-state index in [4.69, 9.17) is 4.74 Å². The first-order chi connectivity index (χ1) is 7.68. The van der Waals surface area contributed by atoms with E-state index in [1.54, 1.807) is 0 Å². The summed E-state index contributed by atoms with van der Waals surface area (Å²) in [6.45, 7) is 0.942. The summed E-state index contributed by atoms with van der Waals surface area (Å²) in [6.07, 6.45) is 1.32. The van der Waals surface area contributed by atoms with Crippen molar-refractivity contribution in [3.05, 3.63) is 28.4 Å². The predicted molar refractivity (Wildman–Crippen MR) is 54.1 cm³/mol. The van der Waals surface area contributed by atoms with Crippen LogP contribution in [0, 0.1) is 10.1 Å². The van der Waals surface area contributed by atoms with E-state index in [0.29, 0.717) is 18.8 Å². The zero-order chi connectivity index (χ0) is 11.5. The molecule has 7 nitrogen and oxygen atoms in total. The molecule has 1 aromatic heterocycles. The number of carbonyl (C=O) groups excluding carboxylic acids is 1. The average Bonchev–Trinajstić information content (AvgIpc) is 2.30. The molecule has 0 saturated carbocycles. The monoisotopic (exact) mass is 223 g/mol. The van der Waals surface area contributed by atoms with Crippen molar-refractivity contribution in [2.24, 2.45) is 0 Å². The second kappa shape index (κ2) is 4.23. The van der Waals surface area contributed by atoms with Gasteiger partial charge in [0.25, 0.3) is 5.91 Å². The van der Waals surface area contributed by atoms with Crippen molar-refractivity contribution in [2.45, 2.75) is 0 Å². The number of nitro groups is 1. The minimum Gasteiger partial charge on any atom is -0.370 e. The van der Waals surface area contributed by atoms with Crippen molar-refractivity contribution >= 4 is 17.4 Å². The number of aromatic nitrogens is 1. The third kappa shape index (κ3) is 1.98. The molecule has 7 heteroatoms. The van der Waals surface area contributed by atoms with Gasteiger partial charge < -0.3 is 19.8 Å². The van der Waals surface area contributed by atoms with Crippen LogP contribution in [0.3, 0.4) is 0 Å². The molecule has 0 bridgehead atoms. The fraction of sp³-hybridized carbons (Fsp3) is 0.333. The predicted octanol–water partition coefficient (Wildman–Crippen LogP) is 0.353. The Kier molecular flexibility index (Phi) is 2.78. The van der Waals surface area contributed by atoms with E-state index < -0.39 is 4.92 Å². The summed E-state index contributed by atoms with van der Waals surface area (Å²) in [7, 11) is 0. The van der Waals surface area contributed by atoms with E-state index in [9.17, 15) is 14.9 Å². The van der Waals surface area contributed by atoms with E-state index in [-0.39, 0.29) is 18.3 Å². The fourth-order valence-corrected chi connectivity index (χ4v) is 1.44. The molecule has 1 amide bonds. The van der Waals surface area contributed by atoms with Crippen LogP contribution in [0.2, 0.25) is 0 Å². The molecule has 0 unspecified atom stereocenters. The van der Waals surface area contributed by atoms with E-state index in [1.165, 1.54) is 23.2 Å². The van der Waals surface area contributed by atoms with Crippen molar-refractivity contribution in [2.75, 3.05) is 24.7 Å². The van der Waals surface area contributed by atoms with Crippen molar-refractivity contribution in [1.82, 2.24) is 4.98 Å². The number of amides is 1. The first-order valence-electron chi connectivity index (χ1n) is 4.67. The first-order valence-corrected chi connectivity index (χ1v) is 4.67. The molecule has 84 valence electrons. The Morgan fingerprint density at radius 1 is 1.50 bits per heavy atom. The zero-order valence-electron chi connectivity index (χ0n) is 8.33. The summed E-state index contributed by atoms with van der Waals surface area (Å²) in [4.78, 5) is 26.4. The van der Waals surface area contributed by atoms with Crippen LogP contribution in [-0.4, -0.2) is 35.6 Å². The van der Waals surface area contributed by atoms with Gasteiger partial charge in [0.05, 0.1) is 12.3 Å². The van der Waals surface area contributed by atoms with Crippen molar-refractivity contribution in [3.63, 3.8) is 0 Å². The van der Waals surface area contributed by atoms with E-state index in [2.05, 4.69) is 4.98 Å². The third-order valence-electron chi connectivity index (χ3n) is 2.22. The van der Waals surface area contributed by atoms with Gasteiger partial charge in [-0.25, -0.2) is 0 Å². The quantitative estimate of drug-likeness (QED) is 0.533. The van der Waals surface area contributed by atoms with Gasteiger partial charge in [0.1, 0.15) is 6.61 Å². The lowest BCUT2D eigenvalue weighted by molar-refractivity contribution is -0.389. The lowest BCUT2D eigenvalue weighted by Crippen LogP contribution is -2.41. The molecular weight excluding hydrogens is 214 g/mol. The van der Waals surface area contributed by atoms with E-state index in [0.717, 1.165) is 0 Å². The summed E-state index contributed by atoms with van der Waals surface area (Å²) < 4.78 is 4.98. The van der Waals surface area contributed by atoms with Crippen LogP contribution < -0.4 is 4.90 Å². The average molecular weight is 223 g/mol. The van der Waals surface area contributed by atoms with Crippen LogP contribution in [0.15, 0.2) is 18.3 Å². The maximum absolute atomic E-state index is 11.5. The highest BCUT2D eigenvalue weighted by molar-refractivity contribution is 5.94. The third-order valence-corrected chi connectivity index (χ3v) is 2.22. The number of hydrogen-bond donors (Lipinski definition) is 0. The standard InChI is InChI=1S/C9H9N3O4/c13-9-6-16-4-3-11(9)7-1-2-8(10-5-7)12(14)15/h1-2,5H,3-4,6H2. The smallest absolute Gasteiger partial charge is 0.363 e. The van der Waals surface area contributed by atoms with Gasteiger partial charge >= 0.3 is 5.82 Å². The zero-order valence-corrected chi connectivity index (χ0v) is 8.33. The topological polar surface area (TPSA) is 85.6 Å². The highest BCUT2D eigenvalue weighted by Gasteiger charge is 2.21. The lowest BCUT2D eigenvalue weighted by atomic mass is 10.3. The SMILES string of the molecule is O=C1COCCN1c1ccc([N+](=O)[O-])nc1. The number of morpholine rings is 1. The second-order valence-electron chi connectivity index (χ2n) is 3.23. The molecule has 0 atom stereocenters. The summed E-state index contributed by atoms with van der Waals surface area (Å²) in [6, 6.07) is 2.78. The molecule has 16 heavy (non-hydrogen) atoms. The molecule has 1 aliphatic heterocycles. The largest absolute Gasteiger partial charge is 0.370 e. The van der Waals surface area contributed by atoms with E-state index in [1.807, 2.05) is 0 Å². The Morgan fingerprint density at radius 2 is 2.31 bits per heavy atom. The van der Waals surface area contributed by atoms with Gasteiger partial charge in [-0.2, -0.15) is 0 Å². The minimum absolute atomic E-state index is 0.0387. The van der Waals surface area contributed by atoms with Gasteiger partial charge in [-0.05, 0) is 16.0 Å². The number of pyridine rings is 1. The Labute approximate surface area is 90.8 Å². The Hall–Kier alpha value is -2.02. The number of hydrogen-bond acceptors (Lipinski definition) is 5. The van der Waals surface area contributed by atoms with Crippen LogP contribution in [0.1, 0.15) is 0 Å². The lowest BCUT2D eigenvalue weighted by Gasteiger charge is -2.25. The maximum atomic E-state index is 11.5. The molecule has 0 aliphatic carbocycles. The van der Waals surface area contributed by atoms with E-state index >= 15 is 0 Å². The normalized spacial score (nSPS) is 16.2. The minimum atomic E-state index is -0.578. The Balaban J connectivity index is 2.20. The molecule has 2 heterocycles. The Bertz CT molecular complexity index is 417. The van der Waals surface area contributed by atoms with Crippen LogP contribution in [-0.2, 0) is 9.53 Å². The highest BCUT2D eigenvalue weighted by Crippen LogP contribution is 2.17. The molecule has 1 saturated heterocycles. The van der Waals surface area contributed by atoms with Gasteiger partial charge in [0.2, 0.25) is 0 Å². The Morgan fingerprint density at radius 3 is 2.88 bits per heavy atom. The molecule has 2 rings (SSSR count). The second-order valence-corrected chi connectivity index (χ2v) is 3.23. The summed E-state index contributed by atoms with van der Waals surface area (Å²) >= 11 is 0. The van der Waals surface area contributed by atoms with Gasteiger partial charge in [-0.15, -0.1) is 0 Å². The summed E-state index contributed by atoms with van der Waals surface area (Å²) in [5.41, 5.74) is 0.555. The summed E-state index contributed by atoms with van der Waals surface area (Å²) in [5.74, 6) is -0.397. The molecule has 0 aromatic carbocycles. The number of nitrogens with zero attached hydrogens (tertiary/aromatic N) is 3. The van der Waals surface area contributed by atoms with Crippen molar-refractivity contribution in [3.8, 4) is 0 Å². The molecular formula is C9H9N3O4. The van der Waals surface area contributed by atoms with Gasteiger partial charge in [-0.1, -0.05) is 0 Å². The van der Waals surface area contributed by atoms with Crippen LogP contribution in [0.5, 0.6) is 0 Å². The molecule has 1 aromatic rings. The molecule has 0 N–H and O–H groups in total. The van der Waals surface area contributed by atoms with Crippen molar-refractivity contribution in [1.29, 1.82) is 0 Å². The van der Waals surface area contributed by atoms with Crippen molar-refractivity contribution < 1.29 is 14.5 Å².